The molecule has 0 saturated carbocycles. The Morgan fingerprint density at radius 2 is 1.84 bits per heavy atom. The molecule has 110 valence electrons. The number of hydrogen-bond donors (Lipinski definition) is 1. The maximum absolute atomic E-state index is 12.6. The fourth-order valence-electron chi connectivity index (χ4n) is 2.27. The first-order valence-electron chi connectivity index (χ1n) is 6.93. The van der Waals surface area contributed by atoms with Gasteiger partial charge in [0.25, 0.3) is 0 Å². The molecule has 0 aromatic heterocycles. The van der Waals surface area contributed by atoms with Gasteiger partial charge in [0, 0.05) is 20.3 Å². The topological polar surface area (TPSA) is 58.6 Å². The van der Waals surface area contributed by atoms with Crippen LogP contribution in [0.25, 0.3) is 0 Å². The van der Waals surface area contributed by atoms with Gasteiger partial charge in [-0.1, -0.05) is 6.92 Å². The molecule has 0 spiro atoms. The molecule has 0 aliphatic carbocycles. The Labute approximate surface area is 115 Å². The first kappa shape index (κ1) is 16.0. The molecule has 1 N–H and O–H groups in total. The second kappa shape index (κ2) is 5.90. The number of methoxy groups -OCH3 is 1. The third kappa shape index (κ3) is 3.08. The van der Waals surface area contributed by atoms with E-state index in [-0.39, 0.29) is 11.8 Å². The van der Waals surface area contributed by atoms with Crippen molar-refractivity contribution >= 4 is 11.8 Å². The second-order valence-corrected chi connectivity index (χ2v) is 5.86. The van der Waals surface area contributed by atoms with Gasteiger partial charge in [-0.2, -0.15) is 0 Å². The number of hydrogen-bond acceptors (Lipinski definition) is 3. The van der Waals surface area contributed by atoms with Crippen LogP contribution in [0.3, 0.4) is 0 Å². The maximum atomic E-state index is 12.6. The van der Waals surface area contributed by atoms with Gasteiger partial charge in [0.05, 0.1) is 0 Å². The van der Waals surface area contributed by atoms with Crippen LogP contribution in [0.4, 0.5) is 0 Å². The third-order valence-electron chi connectivity index (χ3n) is 4.02. The summed E-state index contributed by atoms with van der Waals surface area (Å²) in [7, 11) is 1.66. The summed E-state index contributed by atoms with van der Waals surface area (Å²) >= 11 is 0. The van der Waals surface area contributed by atoms with Crippen LogP contribution >= 0.6 is 0 Å². The Bertz CT molecular complexity index is 355. The van der Waals surface area contributed by atoms with E-state index < -0.39 is 11.1 Å². The van der Waals surface area contributed by atoms with E-state index >= 15 is 0 Å². The SMILES string of the molecule is CCC1(C)NC(=O)C(C)(C)N(CCCCOC)C1=O. The van der Waals surface area contributed by atoms with Crippen LogP contribution in [0, 0.1) is 0 Å². The van der Waals surface area contributed by atoms with Crippen molar-refractivity contribution < 1.29 is 14.3 Å². The molecular formula is C14H26N2O3. The van der Waals surface area contributed by atoms with Gasteiger partial charge in [-0.25, -0.2) is 0 Å². The summed E-state index contributed by atoms with van der Waals surface area (Å²) in [5.74, 6) is -0.0693. The molecule has 0 bridgehead atoms. The largest absolute Gasteiger partial charge is 0.385 e. The average molecular weight is 270 g/mol. The van der Waals surface area contributed by atoms with Gasteiger partial charge in [-0.15, -0.1) is 0 Å². The van der Waals surface area contributed by atoms with Crippen LogP contribution in [-0.2, 0) is 14.3 Å². The van der Waals surface area contributed by atoms with Gasteiger partial charge in [-0.3, -0.25) is 9.59 Å². The molecule has 0 aromatic carbocycles. The number of ether oxygens (including phenoxy) is 1. The molecule has 2 amide bonds. The number of carbonyl (C=O) groups is 2. The van der Waals surface area contributed by atoms with Crippen molar-refractivity contribution in [2.24, 2.45) is 0 Å². The van der Waals surface area contributed by atoms with Gasteiger partial charge in [0.1, 0.15) is 11.1 Å². The standard InChI is InChI=1S/C14H26N2O3/c1-6-14(4)12(18)16(9-7-8-10-19-5)13(2,3)11(17)15-14/h6-10H2,1-5H3,(H,15,17). The van der Waals surface area contributed by atoms with E-state index in [1.54, 1.807) is 32.8 Å². The summed E-state index contributed by atoms with van der Waals surface area (Å²) < 4.78 is 5.01. The van der Waals surface area contributed by atoms with Crippen LogP contribution < -0.4 is 5.32 Å². The predicted octanol–water partition coefficient (Wildman–Crippen LogP) is 1.32. The zero-order valence-corrected chi connectivity index (χ0v) is 12.7. The Morgan fingerprint density at radius 3 is 2.37 bits per heavy atom. The number of piperazine rings is 1. The van der Waals surface area contributed by atoms with Crippen LogP contribution in [0.2, 0.25) is 0 Å². The molecule has 1 aliphatic heterocycles. The summed E-state index contributed by atoms with van der Waals surface area (Å²) in [5, 5.41) is 2.86. The van der Waals surface area contributed by atoms with Gasteiger partial charge in [-0.05, 0) is 40.0 Å². The summed E-state index contributed by atoms with van der Waals surface area (Å²) in [6.45, 7) is 8.58. The lowest BCUT2D eigenvalue weighted by Gasteiger charge is -2.48. The van der Waals surface area contributed by atoms with Crippen molar-refractivity contribution in [1.82, 2.24) is 10.2 Å². The minimum absolute atomic E-state index is 0.0111. The Hall–Kier alpha value is -1.10. The van der Waals surface area contributed by atoms with E-state index in [1.807, 2.05) is 6.92 Å². The molecule has 19 heavy (non-hydrogen) atoms. The minimum Gasteiger partial charge on any atom is -0.385 e. The molecule has 0 aromatic rings. The molecule has 1 heterocycles. The fourth-order valence-corrected chi connectivity index (χ4v) is 2.27. The first-order valence-corrected chi connectivity index (χ1v) is 6.93. The minimum atomic E-state index is -0.779. The van der Waals surface area contributed by atoms with Crippen LogP contribution in [0.5, 0.6) is 0 Å². The average Bonchev–Trinajstić information content (AvgIpc) is 2.36. The van der Waals surface area contributed by atoms with Crippen LogP contribution in [0.1, 0.15) is 47.0 Å². The van der Waals surface area contributed by atoms with E-state index in [4.69, 9.17) is 4.74 Å². The molecule has 1 aliphatic rings. The summed E-state index contributed by atoms with van der Waals surface area (Å²) in [5.41, 5.74) is -1.55. The van der Waals surface area contributed by atoms with E-state index in [9.17, 15) is 9.59 Å². The monoisotopic (exact) mass is 270 g/mol. The lowest BCUT2D eigenvalue weighted by molar-refractivity contribution is -0.160. The Kier molecular flexibility index (Phi) is 4.96. The van der Waals surface area contributed by atoms with Gasteiger partial charge < -0.3 is 15.0 Å². The molecule has 1 atom stereocenters. The van der Waals surface area contributed by atoms with Crippen molar-refractivity contribution in [3.63, 3.8) is 0 Å². The van der Waals surface area contributed by atoms with Crippen molar-refractivity contribution in [3.8, 4) is 0 Å². The summed E-state index contributed by atoms with van der Waals surface area (Å²) in [6.07, 6.45) is 2.33. The smallest absolute Gasteiger partial charge is 0.248 e. The molecule has 5 nitrogen and oxygen atoms in total. The highest BCUT2D eigenvalue weighted by atomic mass is 16.5. The highest BCUT2D eigenvalue weighted by Gasteiger charge is 2.50. The van der Waals surface area contributed by atoms with Crippen molar-refractivity contribution in [2.75, 3.05) is 20.3 Å². The zero-order chi connectivity index (χ0) is 14.7. The molecule has 5 heteroatoms. The molecule has 1 saturated heterocycles. The van der Waals surface area contributed by atoms with Crippen molar-refractivity contribution in [3.05, 3.63) is 0 Å². The van der Waals surface area contributed by atoms with Crippen molar-refractivity contribution in [2.45, 2.75) is 58.0 Å². The molecule has 0 radical (unpaired) electrons. The maximum Gasteiger partial charge on any atom is 0.248 e. The van der Waals surface area contributed by atoms with Crippen LogP contribution in [0.15, 0.2) is 0 Å². The predicted molar refractivity (Wildman–Crippen MR) is 73.7 cm³/mol. The third-order valence-corrected chi connectivity index (χ3v) is 4.02. The summed E-state index contributed by atoms with van der Waals surface area (Å²) in [4.78, 5) is 26.5. The Morgan fingerprint density at radius 1 is 1.21 bits per heavy atom. The number of rotatable bonds is 6. The zero-order valence-electron chi connectivity index (χ0n) is 12.7. The number of nitrogens with zero attached hydrogens (tertiary/aromatic N) is 1. The van der Waals surface area contributed by atoms with E-state index in [1.165, 1.54) is 0 Å². The molecule has 1 rings (SSSR count). The highest BCUT2D eigenvalue weighted by Crippen LogP contribution is 2.28. The van der Waals surface area contributed by atoms with Gasteiger partial charge in [0.2, 0.25) is 11.8 Å². The summed E-state index contributed by atoms with van der Waals surface area (Å²) in [6, 6.07) is 0. The van der Waals surface area contributed by atoms with Crippen molar-refractivity contribution in [1.29, 1.82) is 0 Å². The van der Waals surface area contributed by atoms with E-state index in [0.717, 1.165) is 12.8 Å². The number of amides is 2. The number of unbranched alkanes of at least 4 members (excludes halogenated alkanes) is 1. The van der Waals surface area contributed by atoms with E-state index in [2.05, 4.69) is 5.32 Å². The van der Waals surface area contributed by atoms with Gasteiger partial charge >= 0.3 is 0 Å². The first-order chi connectivity index (χ1) is 8.79. The fraction of sp³-hybridized carbons (Fsp3) is 0.857. The lowest BCUT2D eigenvalue weighted by atomic mass is 9.86. The lowest BCUT2D eigenvalue weighted by Crippen LogP contribution is -2.73. The Balaban J connectivity index is 2.82. The van der Waals surface area contributed by atoms with Crippen LogP contribution in [-0.4, -0.2) is 48.1 Å². The quantitative estimate of drug-likeness (QED) is 0.741. The molecule has 1 fully saturated rings. The normalized spacial score (nSPS) is 26.5. The molecular weight excluding hydrogens is 244 g/mol. The second-order valence-electron chi connectivity index (χ2n) is 5.86. The highest BCUT2D eigenvalue weighted by molar-refractivity contribution is 6.01. The van der Waals surface area contributed by atoms with E-state index in [0.29, 0.717) is 19.6 Å². The van der Waals surface area contributed by atoms with Gasteiger partial charge in [0.15, 0.2) is 0 Å². The number of nitrogens with one attached hydrogen (secondary N) is 1. The molecule has 1 unspecified atom stereocenters. The number of carbonyl (C=O) groups excluding carboxylic acids is 2.